The summed E-state index contributed by atoms with van der Waals surface area (Å²) in [5.74, 6) is -0.692. The summed E-state index contributed by atoms with van der Waals surface area (Å²) in [5.41, 5.74) is 0.458. The summed E-state index contributed by atoms with van der Waals surface area (Å²) in [6, 6.07) is 0. The number of rotatable bonds is 0. The maximum atomic E-state index is 8.95. The average molecular weight is 215 g/mol. The van der Waals surface area contributed by atoms with E-state index in [2.05, 4.69) is 5.16 Å². The van der Waals surface area contributed by atoms with Crippen LogP contribution in [0.3, 0.4) is 0 Å². The van der Waals surface area contributed by atoms with E-state index >= 15 is 0 Å². The maximum Gasteiger partial charge on any atom is 0.187 e. The zero-order chi connectivity index (χ0) is 10.6. The van der Waals surface area contributed by atoms with Crippen molar-refractivity contribution in [3.05, 3.63) is 0 Å². The number of oxime groups is 1. The predicted molar refractivity (Wildman–Crippen MR) is 47.7 cm³/mol. The Morgan fingerprint density at radius 3 is 2.93 bits per heavy atom. The standard InChI is InChI=1S/C9H13NO5/c1-9(2)14-6-5(10-11)4-3-12-8(13-4)7(6)15-9/h4,6-8,11H,3H2,1-2H3. The van der Waals surface area contributed by atoms with E-state index in [1.54, 1.807) is 0 Å². The first-order valence-electron chi connectivity index (χ1n) is 4.95. The number of nitrogens with zero attached hydrogens (tertiary/aromatic N) is 1. The summed E-state index contributed by atoms with van der Waals surface area (Å²) in [6.45, 7) is 4.02. The quantitative estimate of drug-likeness (QED) is 0.458. The smallest absolute Gasteiger partial charge is 0.187 e. The fourth-order valence-electron chi connectivity index (χ4n) is 2.27. The first kappa shape index (κ1) is 9.53. The molecule has 0 amide bonds. The third kappa shape index (κ3) is 1.29. The normalized spacial score (nSPS) is 49.6. The van der Waals surface area contributed by atoms with Crippen molar-refractivity contribution in [3.8, 4) is 0 Å². The molecule has 15 heavy (non-hydrogen) atoms. The van der Waals surface area contributed by atoms with Gasteiger partial charge in [-0.3, -0.25) is 0 Å². The topological polar surface area (TPSA) is 69.5 Å². The van der Waals surface area contributed by atoms with Gasteiger partial charge < -0.3 is 24.2 Å². The molecule has 1 N–H and O–H groups in total. The van der Waals surface area contributed by atoms with Crippen LogP contribution in [0, 0.1) is 0 Å². The van der Waals surface area contributed by atoms with Gasteiger partial charge in [-0.15, -0.1) is 0 Å². The lowest BCUT2D eigenvalue weighted by Gasteiger charge is -2.27. The molecule has 0 radical (unpaired) electrons. The van der Waals surface area contributed by atoms with E-state index in [1.165, 1.54) is 0 Å². The SMILES string of the molecule is CC1(C)OC2C(=NO)C3COC(O3)C2O1. The number of fused-ring (bicyclic) bond motifs is 4. The highest BCUT2D eigenvalue weighted by Crippen LogP contribution is 2.39. The van der Waals surface area contributed by atoms with Gasteiger partial charge >= 0.3 is 0 Å². The lowest BCUT2D eigenvalue weighted by atomic mass is 10.0. The van der Waals surface area contributed by atoms with E-state index in [1.807, 2.05) is 13.8 Å². The van der Waals surface area contributed by atoms with E-state index in [9.17, 15) is 0 Å². The summed E-state index contributed by atoms with van der Waals surface area (Å²) in [4.78, 5) is 0. The van der Waals surface area contributed by atoms with Crippen molar-refractivity contribution in [2.24, 2.45) is 5.16 Å². The molecule has 2 bridgehead atoms. The van der Waals surface area contributed by atoms with Crippen LogP contribution in [-0.4, -0.2) is 47.9 Å². The summed E-state index contributed by atoms with van der Waals surface area (Å²) >= 11 is 0. The van der Waals surface area contributed by atoms with Crippen molar-refractivity contribution in [3.63, 3.8) is 0 Å². The molecule has 0 aromatic rings. The van der Waals surface area contributed by atoms with E-state index in [0.717, 1.165) is 0 Å². The van der Waals surface area contributed by atoms with Crippen LogP contribution in [-0.2, 0) is 18.9 Å². The Kier molecular flexibility index (Phi) is 1.85. The molecule has 0 saturated carbocycles. The number of hydrogen-bond donors (Lipinski definition) is 1. The molecule has 3 saturated heterocycles. The largest absolute Gasteiger partial charge is 0.411 e. The van der Waals surface area contributed by atoms with Gasteiger partial charge in [0.05, 0.1) is 6.61 Å². The summed E-state index contributed by atoms with van der Waals surface area (Å²) in [6.07, 6.45) is -1.42. The van der Waals surface area contributed by atoms with Crippen LogP contribution in [0.25, 0.3) is 0 Å². The zero-order valence-corrected chi connectivity index (χ0v) is 8.54. The van der Waals surface area contributed by atoms with Crippen molar-refractivity contribution in [1.82, 2.24) is 0 Å². The van der Waals surface area contributed by atoms with Crippen molar-refractivity contribution >= 4 is 5.71 Å². The van der Waals surface area contributed by atoms with Crippen molar-refractivity contribution in [2.45, 2.75) is 44.2 Å². The van der Waals surface area contributed by atoms with E-state index in [-0.39, 0.29) is 18.3 Å². The Bertz CT molecular complexity index is 316. The molecule has 0 aliphatic carbocycles. The second-order valence-corrected chi connectivity index (χ2v) is 4.37. The van der Waals surface area contributed by atoms with Gasteiger partial charge in [-0.2, -0.15) is 0 Å². The minimum atomic E-state index is -0.692. The van der Waals surface area contributed by atoms with Gasteiger partial charge in [0.1, 0.15) is 24.0 Å². The molecule has 6 heteroatoms. The van der Waals surface area contributed by atoms with Crippen LogP contribution >= 0.6 is 0 Å². The van der Waals surface area contributed by atoms with Crippen LogP contribution in [0.4, 0.5) is 0 Å². The van der Waals surface area contributed by atoms with Gasteiger partial charge in [0, 0.05) is 0 Å². The first-order valence-corrected chi connectivity index (χ1v) is 4.95. The maximum absolute atomic E-state index is 8.95. The molecule has 0 spiro atoms. The monoisotopic (exact) mass is 215 g/mol. The summed E-state index contributed by atoms with van der Waals surface area (Å²) in [7, 11) is 0. The Balaban J connectivity index is 1.95. The fourth-order valence-corrected chi connectivity index (χ4v) is 2.27. The lowest BCUT2D eigenvalue weighted by molar-refractivity contribution is -0.183. The van der Waals surface area contributed by atoms with Gasteiger partial charge in [0.15, 0.2) is 12.1 Å². The molecule has 0 aromatic heterocycles. The Morgan fingerprint density at radius 2 is 2.20 bits per heavy atom. The van der Waals surface area contributed by atoms with Crippen LogP contribution in [0.1, 0.15) is 13.8 Å². The van der Waals surface area contributed by atoms with Gasteiger partial charge in [0.2, 0.25) is 0 Å². The minimum absolute atomic E-state index is 0.307. The summed E-state index contributed by atoms with van der Waals surface area (Å²) < 4.78 is 22.2. The molecule has 3 aliphatic rings. The third-order valence-electron chi connectivity index (χ3n) is 2.84. The Labute approximate surface area is 86.7 Å². The summed E-state index contributed by atoms with van der Waals surface area (Å²) in [5, 5.41) is 12.2. The number of hydrogen-bond acceptors (Lipinski definition) is 6. The molecule has 84 valence electrons. The van der Waals surface area contributed by atoms with Gasteiger partial charge in [-0.05, 0) is 13.8 Å². The molecule has 3 aliphatic heterocycles. The molecule has 4 atom stereocenters. The van der Waals surface area contributed by atoms with Gasteiger partial charge in [-0.25, -0.2) is 0 Å². The van der Waals surface area contributed by atoms with Crippen molar-refractivity contribution < 1.29 is 24.2 Å². The van der Waals surface area contributed by atoms with Crippen molar-refractivity contribution in [1.29, 1.82) is 0 Å². The Hall–Kier alpha value is -0.690. The minimum Gasteiger partial charge on any atom is -0.411 e. The van der Waals surface area contributed by atoms with Crippen LogP contribution in [0.15, 0.2) is 5.16 Å². The highest BCUT2D eigenvalue weighted by atomic mass is 16.8. The van der Waals surface area contributed by atoms with Crippen LogP contribution < -0.4 is 0 Å². The molecule has 6 nitrogen and oxygen atoms in total. The lowest BCUT2D eigenvalue weighted by Crippen LogP contribution is -2.49. The second kappa shape index (κ2) is 2.91. The molecule has 4 unspecified atom stereocenters. The van der Waals surface area contributed by atoms with Gasteiger partial charge in [-0.1, -0.05) is 5.16 Å². The number of ether oxygens (including phenoxy) is 4. The molecular weight excluding hydrogens is 202 g/mol. The average Bonchev–Trinajstić information content (AvgIpc) is 2.70. The van der Waals surface area contributed by atoms with E-state index < -0.39 is 12.1 Å². The van der Waals surface area contributed by atoms with E-state index in [0.29, 0.717) is 12.3 Å². The molecule has 3 heterocycles. The third-order valence-corrected chi connectivity index (χ3v) is 2.84. The van der Waals surface area contributed by atoms with Crippen LogP contribution in [0.2, 0.25) is 0 Å². The van der Waals surface area contributed by atoms with E-state index in [4.69, 9.17) is 24.2 Å². The Morgan fingerprint density at radius 1 is 1.40 bits per heavy atom. The molecule has 3 rings (SSSR count). The first-order chi connectivity index (χ1) is 7.11. The molecular formula is C9H13NO5. The highest BCUT2D eigenvalue weighted by molar-refractivity contribution is 5.94. The molecule has 3 fully saturated rings. The van der Waals surface area contributed by atoms with Crippen molar-refractivity contribution in [2.75, 3.05) is 6.61 Å². The van der Waals surface area contributed by atoms with Gasteiger partial charge in [0.25, 0.3) is 0 Å². The molecule has 0 aromatic carbocycles. The zero-order valence-electron chi connectivity index (χ0n) is 8.54. The van der Waals surface area contributed by atoms with Crippen LogP contribution in [0.5, 0.6) is 0 Å². The highest BCUT2D eigenvalue weighted by Gasteiger charge is 2.57. The second-order valence-electron chi connectivity index (χ2n) is 4.37. The fraction of sp³-hybridized carbons (Fsp3) is 0.889. The predicted octanol–water partition coefficient (Wildman–Crippen LogP) is 0.0918.